The lowest BCUT2D eigenvalue weighted by atomic mass is 9.32. The van der Waals surface area contributed by atoms with Gasteiger partial charge in [0.15, 0.2) is 31.1 Å². The first-order chi connectivity index (χ1) is 37.3. The zero-order chi connectivity index (χ0) is 59.3. The first-order valence-electron chi connectivity index (χ1n) is 28.1. The van der Waals surface area contributed by atoms with Gasteiger partial charge in [-0.15, -0.1) is 0 Å². The molecule has 4 saturated carbocycles. The Balaban J connectivity index is 1.14. The zero-order valence-electron chi connectivity index (χ0n) is 47.7. The molecule has 454 valence electrons. The minimum atomic E-state index is -2.13. The molecule has 12 N–H and O–H groups in total. The standard InChI is InChI=1S/C57H88O23/c1-12-24(3)47(71)79-44-45(80-48(72)25(4)13-2)57(23-60)27(20-52(44,5)6)26-14-15-31-54(9)18-17-32(53(7,8)30(54)16-19-55(31,10)56(26,11)42(67)43(57)68)75-51-41(78-50-37(65)35(63)33(61)28(21-58)73-50)39(38(66)40(77-51)46(69)70)76-49-36(64)34(62)29(22-59)74-49/h12-14,27-45,49-51,58-68H,15-23H2,1-11H3,(H,69,70)/b24-12+,25-13+/t27-,28+,29-,30-,31+,32-,33+,34-,35-,36+,37+,38-,39-,40-,41+,42-,43+,44-,45-,49-,50-,51+,54-,55+,56-,57-/m0/s1. The molecule has 80 heavy (non-hydrogen) atoms. The fourth-order valence-corrected chi connectivity index (χ4v) is 16.2. The summed E-state index contributed by atoms with van der Waals surface area (Å²) in [4.78, 5) is 40.3. The molecule has 0 bridgehead atoms. The third-order valence-corrected chi connectivity index (χ3v) is 21.4. The number of carbonyl (C=O) groups is 3. The molecule has 0 radical (unpaired) electrons. The van der Waals surface area contributed by atoms with Crippen molar-refractivity contribution >= 4 is 17.9 Å². The number of carbonyl (C=O) groups excluding carboxylic acids is 2. The third-order valence-electron chi connectivity index (χ3n) is 21.4. The lowest BCUT2D eigenvalue weighted by Crippen LogP contribution is -2.76. The highest BCUT2D eigenvalue weighted by Crippen LogP contribution is 2.76. The molecule has 0 amide bonds. The molecule has 8 rings (SSSR count). The number of aliphatic carboxylic acids is 1. The van der Waals surface area contributed by atoms with E-state index in [9.17, 15) is 75.7 Å². The Hall–Kier alpha value is -3.05. The molecule has 23 heteroatoms. The van der Waals surface area contributed by atoms with Crippen LogP contribution in [0.15, 0.2) is 34.9 Å². The second-order valence-corrected chi connectivity index (χ2v) is 26.0. The van der Waals surface area contributed by atoms with Crippen LogP contribution < -0.4 is 0 Å². The van der Waals surface area contributed by atoms with Crippen LogP contribution in [-0.4, -0.2) is 216 Å². The van der Waals surface area contributed by atoms with E-state index in [0.717, 1.165) is 5.57 Å². The van der Waals surface area contributed by atoms with Gasteiger partial charge < -0.3 is 99.2 Å². The minimum Gasteiger partial charge on any atom is -0.479 e. The van der Waals surface area contributed by atoms with Gasteiger partial charge >= 0.3 is 17.9 Å². The number of allylic oxidation sites excluding steroid dienone is 3. The van der Waals surface area contributed by atoms with Gasteiger partial charge in [0.1, 0.15) is 67.1 Å². The van der Waals surface area contributed by atoms with Gasteiger partial charge in [0.2, 0.25) is 0 Å². The summed E-state index contributed by atoms with van der Waals surface area (Å²) >= 11 is 0. The third kappa shape index (κ3) is 9.76. The number of ether oxygens (including phenoxy) is 8. The molecule has 7 fully saturated rings. The quantitative estimate of drug-likeness (QED) is 0.0480. The van der Waals surface area contributed by atoms with Crippen molar-refractivity contribution in [3.05, 3.63) is 34.9 Å². The van der Waals surface area contributed by atoms with E-state index in [1.165, 1.54) is 0 Å². The average Bonchev–Trinajstić information content (AvgIpc) is 3.81. The van der Waals surface area contributed by atoms with Crippen molar-refractivity contribution < 1.29 is 114 Å². The molecule has 3 aliphatic heterocycles. The van der Waals surface area contributed by atoms with Crippen molar-refractivity contribution in [2.75, 3.05) is 19.8 Å². The van der Waals surface area contributed by atoms with Crippen molar-refractivity contribution in [3.8, 4) is 0 Å². The monoisotopic (exact) mass is 1140 g/mol. The van der Waals surface area contributed by atoms with E-state index in [4.69, 9.17) is 37.9 Å². The molecule has 26 atom stereocenters. The summed E-state index contributed by atoms with van der Waals surface area (Å²) in [5, 5.41) is 134. The van der Waals surface area contributed by atoms with E-state index in [2.05, 4.69) is 19.9 Å². The van der Waals surface area contributed by atoms with Crippen LogP contribution in [0.1, 0.15) is 115 Å². The molecule has 0 aromatic heterocycles. The van der Waals surface area contributed by atoms with Crippen molar-refractivity contribution in [2.45, 2.75) is 231 Å². The number of fused-ring (bicyclic) bond motifs is 7. The number of esters is 2. The summed E-state index contributed by atoms with van der Waals surface area (Å²) in [6, 6.07) is 0. The molecule has 3 heterocycles. The van der Waals surface area contributed by atoms with Crippen LogP contribution >= 0.6 is 0 Å². The molecular weight excluding hydrogens is 1050 g/mol. The van der Waals surface area contributed by atoms with Crippen molar-refractivity contribution in [1.29, 1.82) is 0 Å². The lowest BCUT2D eigenvalue weighted by molar-refractivity contribution is -0.386. The summed E-state index contributed by atoms with van der Waals surface area (Å²) in [6.07, 6.45) is -24.0. The first-order valence-corrected chi connectivity index (χ1v) is 28.1. The Morgan fingerprint density at radius 2 is 1.18 bits per heavy atom. The van der Waals surface area contributed by atoms with E-state index in [1.807, 2.05) is 34.6 Å². The number of carboxylic acid groups (broad SMARTS) is 1. The Kier molecular flexibility index (Phi) is 17.9. The second kappa shape index (κ2) is 22.7. The van der Waals surface area contributed by atoms with Crippen LogP contribution in [0.25, 0.3) is 0 Å². The first kappa shape index (κ1) is 63.0. The summed E-state index contributed by atoms with van der Waals surface area (Å²) in [5.41, 5.74) is -4.40. The molecule has 0 aromatic rings. The topological polar surface area (TPSA) is 368 Å². The fraction of sp³-hybridized carbons (Fsp3) is 0.842. The maximum absolute atomic E-state index is 13.9. The Morgan fingerprint density at radius 1 is 0.637 bits per heavy atom. The van der Waals surface area contributed by atoms with Crippen molar-refractivity contribution in [1.82, 2.24) is 0 Å². The molecular formula is C57H88O23. The number of aliphatic hydroxyl groups is 11. The summed E-state index contributed by atoms with van der Waals surface area (Å²) in [7, 11) is 0. The van der Waals surface area contributed by atoms with Gasteiger partial charge in [-0.1, -0.05) is 72.3 Å². The highest BCUT2D eigenvalue weighted by Gasteiger charge is 2.76. The predicted molar refractivity (Wildman–Crippen MR) is 277 cm³/mol. The Labute approximate surface area is 466 Å². The van der Waals surface area contributed by atoms with E-state index in [1.54, 1.807) is 39.8 Å². The SMILES string of the molecule is C/C=C(\C)C(=O)O[C@H]1[C@H](OC(=O)/C(C)=C/C)[C@]2(CO)[C@H](O)[C@H](O)[C@]3(C)C(=CC[C@@H]4[C@@]5(C)CC[C@H](O[C@@H]6O[C@H](C(=O)O)[C@@H](O)[C@H](O[C@@H]7O[C@@H](CO)[C@H](O)[C@H]7O)[C@H]6O[C@@H]6O[C@H](CO)[C@@H](O)[C@H](O)[C@H]6O)C(C)(C)[C@@H]5CC[C@]43C)[C@@H]2CC1(C)C. The summed E-state index contributed by atoms with van der Waals surface area (Å²) in [5.74, 6) is -4.01. The van der Waals surface area contributed by atoms with Gasteiger partial charge in [-0.2, -0.15) is 0 Å². The smallest absolute Gasteiger partial charge is 0.335 e. The Bertz CT molecular complexity index is 2390. The number of hydrogen-bond acceptors (Lipinski definition) is 22. The largest absolute Gasteiger partial charge is 0.479 e. The summed E-state index contributed by atoms with van der Waals surface area (Å²) in [6.45, 7) is 18.4. The van der Waals surface area contributed by atoms with E-state index < -0.39 is 193 Å². The van der Waals surface area contributed by atoms with Crippen molar-refractivity contribution in [3.63, 3.8) is 0 Å². The van der Waals surface area contributed by atoms with Gasteiger partial charge in [-0.25, -0.2) is 14.4 Å². The van der Waals surface area contributed by atoms with Crippen LogP contribution in [0.5, 0.6) is 0 Å². The lowest BCUT2D eigenvalue weighted by Gasteiger charge is -2.73. The van der Waals surface area contributed by atoms with Crippen LogP contribution in [0, 0.1) is 50.2 Å². The van der Waals surface area contributed by atoms with Gasteiger partial charge in [-0.3, -0.25) is 0 Å². The van der Waals surface area contributed by atoms with E-state index >= 15 is 0 Å². The van der Waals surface area contributed by atoms with Crippen LogP contribution in [0.3, 0.4) is 0 Å². The molecule has 0 aromatic carbocycles. The number of hydrogen-bond donors (Lipinski definition) is 12. The maximum atomic E-state index is 13.9. The highest BCUT2D eigenvalue weighted by atomic mass is 16.8. The molecule has 23 nitrogen and oxygen atoms in total. The molecule has 8 aliphatic rings. The van der Waals surface area contributed by atoms with E-state index in [0.29, 0.717) is 37.7 Å². The van der Waals surface area contributed by atoms with Crippen LogP contribution in [-0.2, 0) is 52.3 Å². The minimum absolute atomic E-state index is 0.153. The maximum Gasteiger partial charge on any atom is 0.335 e. The molecule has 0 spiro atoms. The van der Waals surface area contributed by atoms with Gasteiger partial charge in [0.25, 0.3) is 0 Å². The highest BCUT2D eigenvalue weighted by molar-refractivity contribution is 5.89. The molecule has 5 aliphatic carbocycles. The normalized spacial score (nSPS) is 49.0. The second-order valence-electron chi connectivity index (χ2n) is 26.0. The zero-order valence-corrected chi connectivity index (χ0v) is 47.7. The van der Waals surface area contributed by atoms with Gasteiger partial charge in [0, 0.05) is 22.0 Å². The van der Waals surface area contributed by atoms with Crippen LogP contribution in [0.2, 0.25) is 0 Å². The summed E-state index contributed by atoms with van der Waals surface area (Å²) < 4.78 is 49.0. The number of carboxylic acids is 1. The number of rotatable bonds is 14. The molecule has 3 saturated heterocycles. The fourth-order valence-electron chi connectivity index (χ4n) is 16.2. The van der Waals surface area contributed by atoms with E-state index in [-0.39, 0.29) is 23.8 Å². The van der Waals surface area contributed by atoms with Crippen LogP contribution in [0.4, 0.5) is 0 Å². The average molecular weight is 1140 g/mol. The van der Waals surface area contributed by atoms with Crippen molar-refractivity contribution in [2.24, 2.45) is 50.2 Å². The number of aliphatic hydroxyl groups excluding tert-OH is 11. The van der Waals surface area contributed by atoms with Gasteiger partial charge in [-0.05, 0) is 100 Å². The predicted octanol–water partition coefficient (Wildman–Crippen LogP) is 0.263. The Morgan fingerprint density at radius 3 is 1.71 bits per heavy atom. The molecule has 0 unspecified atom stereocenters. The van der Waals surface area contributed by atoms with Gasteiger partial charge in [0.05, 0.1) is 43.5 Å².